The third-order valence-corrected chi connectivity index (χ3v) is 1.98. The Hall–Kier alpha value is -1.10. The molecule has 1 aromatic carbocycles. The highest BCUT2D eigenvalue weighted by molar-refractivity contribution is 9.09. The van der Waals surface area contributed by atoms with Gasteiger partial charge in [-0.2, -0.15) is 0 Å². The van der Waals surface area contributed by atoms with Crippen LogP contribution in [0.4, 0.5) is 4.39 Å². The van der Waals surface area contributed by atoms with Crippen molar-refractivity contribution in [3.8, 4) is 5.75 Å². The molecule has 0 fully saturated rings. The van der Waals surface area contributed by atoms with E-state index in [4.69, 9.17) is 0 Å². The molecule has 0 atom stereocenters. The molecule has 0 spiro atoms. The Balaban J connectivity index is 2.83. The minimum atomic E-state index is -0.549. The number of alkyl halides is 1. The summed E-state index contributed by atoms with van der Waals surface area (Å²) in [6.07, 6.45) is 0. The van der Waals surface area contributed by atoms with Gasteiger partial charge in [-0.25, -0.2) is 4.39 Å². The molecule has 2 N–H and O–H groups in total. The summed E-state index contributed by atoms with van der Waals surface area (Å²) < 4.78 is 12.7. The molecule has 0 saturated heterocycles. The summed E-state index contributed by atoms with van der Waals surface area (Å²) in [4.78, 5) is 11.3. The maximum absolute atomic E-state index is 12.7. The van der Waals surface area contributed by atoms with E-state index in [-0.39, 0.29) is 11.3 Å². The average molecular weight is 262 g/mol. The molecule has 0 aliphatic heterocycles. The molecule has 3 nitrogen and oxygen atoms in total. The first-order chi connectivity index (χ1) is 6.65. The molecule has 14 heavy (non-hydrogen) atoms. The number of halogens is 2. The number of phenolic OH excluding ortho intramolecular Hbond substituents is 1. The van der Waals surface area contributed by atoms with E-state index < -0.39 is 11.7 Å². The van der Waals surface area contributed by atoms with Gasteiger partial charge in [0.05, 0.1) is 5.56 Å². The number of hydrogen-bond donors (Lipinski definition) is 2. The molecule has 0 heterocycles. The molecule has 1 amide bonds. The van der Waals surface area contributed by atoms with Crippen molar-refractivity contribution in [1.29, 1.82) is 0 Å². The van der Waals surface area contributed by atoms with Crippen LogP contribution in [0.5, 0.6) is 5.75 Å². The topological polar surface area (TPSA) is 49.3 Å². The molecule has 0 bridgehead atoms. The molecule has 5 heteroatoms. The Morgan fingerprint density at radius 2 is 2.29 bits per heavy atom. The fourth-order valence-corrected chi connectivity index (χ4v) is 1.14. The molecule has 76 valence electrons. The van der Waals surface area contributed by atoms with Crippen LogP contribution in [0, 0.1) is 5.82 Å². The van der Waals surface area contributed by atoms with E-state index in [9.17, 15) is 14.3 Å². The summed E-state index contributed by atoms with van der Waals surface area (Å²) in [5.41, 5.74) is -0.0500. The number of amides is 1. The zero-order valence-corrected chi connectivity index (χ0v) is 8.84. The first-order valence-corrected chi connectivity index (χ1v) is 5.10. The summed E-state index contributed by atoms with van der Waals surface area (Å²) >= 11 is 3.13. The maximum atomic E-state index is 12.7. The van der Waals surface area contributed by atoms with Crippen LogP contribution in [-0.2, 0) is 0 Å². The Bertz CT molecular complexity index is 344. The lowest BCUT2D eigenvalue weighted by atomic mass is 10.2. The van der Waals surface area contributed by atoms with E-state index in [0.717, 1.165) is 18.2 Å². The summed E-state index contributed by atoms with van der Waals surface area (Å²) in [6, 6.07) is 3.24. The Morgan fingerprint density at radius 3 is 2.93 bits per heavy atom. The first kappa shape index (κ1) is 11.0. The smallest absolute Gasteiger partial charge is 0.255 e. The molecule has 1 aromatic rings. The third-order valence-electron chi connectivity index (χ3n) is 1.58. The van der Waals surface area contributed by atoms with Gasteiger partial charge in [0.1, 0.15) is 11.6 Å². The summed E-state index contributed by atoms with van der Waals surface area (Å²) in [7, 11) is 0. The van der Waals surface area contributed by atoms with Crippen molar-refractivity contribution in [3.05, 3.63) is 29.6 Å². The number of carbonyl (C=O) groups excluding carboxylic acids is 1. The molecular weight excluding hydrogens is 253 g/mol. The minimum Gasteiger partial charge on any atom is -0.507 e. The van der Waals surface area contributed by atoms with E-state index in [1.54, 1.807) is 0 Å². The van der Waals surface area contributed by atoms with E-state index >= 15 is 0 Å². The molecule has 0 aliphatic carbocycles. The highest BCUT2D eigenvalue weighted by Gasteiger charge is 2.10. The van der Waals surface area contributed by atoms with Gasteiger partial charge in [-0.3, -0.25) is 4.79 Å². The van der Waals surface area contributed by atoms with Crippen molar-refractivity contribution < 1.29 is 14.3 Å². The van der Waals surface area contributed by atoms with Crippen molar-refractivity contribution in [3.63, 3.8) is 0 Å². The van der Waals surface area contributed by atoms with Gasteiger partial charge in [0.15, 0.2) is 0 Å². The largest absolute Gasteiger partial charge is 0.507 e. The van der Waals surface area contributed by atoms with Crippen LogP contribution in [0.2, 0.25) is 0 Å². The van der Waals surface area contributed by atoms with Crippen LogP contribution >= 0.6 is 15.9 Å². The Morgan fingerprint density at radius 1 is 1.57 bits per heavy atom. The second kappa shape index (κ2) is 4.95. The van der Waals surface area contributed by atoms with E-state index in [0.29, 0.717) is 11.9 Å². The normalized spacial score (nSPS) is 9.86. The van der Waals surface area contributed by atoms with Crippen molar-refractivity contribution in [2.24, 2.45) is 0 Å². The van der Waals surface area contributed by atoms with Crippen LogP contribution < -0.4 is 5.32 Å². The number of phenols is 1. The van der Waals surface area contributed by atoms with E-state index in [1.165, 1.54) is 0 Å². The third kappa shape index (κ3) is 2.70. The number of rotatable bonds is 3. The lowest BCUT2D eigenvalue weighted by Gasteiger charge is -2.04. The molecule has 0 aromatic heterocycles. The molecule has 0 saturated carbocycles. The molecule has 0 aliphatic rings. The fraction of sp³-hybridized carbons (Fsp3) is 0.222. The van der Waals surface area contributed by atoms with Crippen molar-refractivity contribution in [2.45, 2.75) is 0 Å². The Kier molecular flexibility index (Phi) is 3.88. The van der Waals surface area contributed by atoms with E-state index in [2.05, 4.69) is 21.2 Å². The number of aromatic hydroxyl groups is 1. The van der Waals surface area contributed by atoms with Gasteiger partial charge in [0, 0.05) is 11.9 Å². The lowest BCUT2D eigenvalue weighted by Crippen LogP contribution is -2.25. The summed E-state index contributed by atoms with van der Waals surface area (Å²) in [5.74, 6) is -1.26. The Labute approximate surface area is 89.1 Å². The van der Waals surface area contributed by atoms with Gasteiger partial charge in [0.2, 0.25) is 0 Å². The molecule has 1 rings (SSSR count). The average Bonchev–Trinajstić information content (AvgIpc) is 2.18. The SMILES string of the molecule is O=C(NCCBr)c1cc(F)ccc1O. The van der Waals surface area contributed by atoms with Gasteiger partial charge < -0.3 is 10.4 Å². The predicted molar refractivity (Wildman–Crippen MR) is 54.2 cm³/mol. The predicted octanol–water partition coefficient (Wildman–Crippen LogP) is 1.66. The highest BCUT2D eigenvalue weighted by atomic mass is 79.9. The fourth-order valence-electron chi connectivity index (χ4n) is 0.946. The number of carbonyl (C=O) groups is 1. The highest BCUT2D eigenvalue weighted by Crippen LogP contribution is 2.17. The standard InChI is InChI=1S/C9H9BrFNO2/c10-3-4-12-9(14)7-5-6(11)1-2-8(7)13/h1-2,5,13H,3-4H2,(H,12,14). The maximum Gasteiger partial charge on any atom is 0.255 e. The van der Waals surface area contributed by atoms with Gasteiger partial charge in [-0.05, 0) is 18.2 Å². The second-order valence-corrected chi connectivity index (χ2v) is 3.40. The lowest BCUT2D eigenvalue weighted by molar-refractivity contribution is 0.0953. The minimum absolute atomic E-state index is 0.0500. The van der Waals surface area contributed by atoms with Crippen LogP contribution in [-0.4, -0.2) is 22.9 Å². The van der Waals surface area contributed by atoms with Crippen LogP contribution in [0.1, 0.15) is 10.4 Å². The number of hydrogen-bond acceptors (Lipinski definition) is 2. The zero-order chi connectivity index (χ0) is 10.6. The summed E-state index contributed by atoms with van der Waals surface area (Å²) in [5, 5.41) is 12.4. The zero-order valence-electron chi connectivity index (χ0n) is 7.26. The number of nitrogens with one attached hydrogen (secondary N) is 1. The van der Waals surface area contributed by atoms with Gasteiger partial charge in [-0.1, -0.05) is 15.9 Å². The number of benzene rings is 1. The monoisotopic (exact) mass is 261 g/mol. The quantitative estimate of drug-likeness (QED) is 0.814. The van der Waals surface area contributed by atoms with Crippen LogP contribution in [0.25, 0.3) is 0 Å². The molecule has 0 radical (unpaired) electrons. The first-order valence-electron chi connectivity index (χ1n) is 3.98. The summed E-state index contributed by atoms with van der Waals surface area (Å²) in [6.45, 7) is 0.425. The van der Waals surface area contributed by atoms with Gasteiger partial charge in [0.25, 0.3) is 5.91 Å². The van der Waals surface area contributed by atoms with Gasteiger partial charge >= 0.3 is 0 Å². The van der Waals surface area contributed by atoms with Gasteiger partial charge in [-0.15, -0.1) is 0 Å². The van der Waals surface area contributed by atoms with Crippen LogP contribution in [0.15, 0.2) is 18.2 Å². The molecular formula is C9H9BrFNO2. The van der Waals surface area contributed by atoms with Crippen LogP contribution in [0.3, 0.4) is 0 Å². The van der Waals surface area contributed by atoms with Crippen molar-refractivity contribution >= 4 is 21.8 Å². The second-order valence-electron chi connectivity index (χ2n) is 2.61. The van der Waals surface area contributed by atoms with Crippen molar-refractivity contribution in [1.82, 2.24) is 5.32 Å². The molecule has 0 unspecified atom stereocenters. The van der Waals surface area contributed by atoms with E-state index in [1.807, 2.05) is 0 Å². The van der Waals surface area contributed by atoms with Crippen molar-refractivity contribution in [2.75, 3.05) is 11.9 Å².